The van der Waals surface area contributed by atoms with E-state index >= 15 is 0 Å². The van der Waals surface area contributed by atoms with Gasteiger partial charge in [-0.2, -0.15) is 0 Å². The molecule has 3 nitrogen and oxygen atoms in total. The van der Waals surface area contributed by atoms with Crippen molar-refractivity contribution in [1.29, 1.82) is 0 Å². The number of imidazole rings is 1. The van der Waals surface area contributed by atoms with Gasteiger partial charge in [0.2, 0.25) is 5.95 Å². The Kier molecular flexibility index (Phi) is 3.42. The zero-order chi connectivity index (χ0) is 13.2. The standard InChI is InChI=1S/C14H15ClFN3/c15-10-5-6-12(16)13(9-10)18-14-17-7-8-19(14)11-3-1-2-4-11/h5-9,11H,1-4H2,(H,17,18). The van der Waals surface area contributed by atoms with Crippen LogP contribution >= 0.6 is 11.6 Å². The van der Waals surface area contributed by atoms with E-state index < -0.39 is 0 Å². The van der Waals surface area contributed by atoms with E-state index in [0.29, 0.717) is 22.7 Å². The van der Waals surface area contributed by atoms with Crippen LogP contribution in [-0.4, -0.2) is 9.55 Å². The van der Waals surface area contributed by atoms with E-state index in [0.717, 1.165) is 12.8 Å². The Morgan fingerprint density at radius 3 is 2.89 bits per heavy atom. The molecule has 1 N–H and O–H groups in total. The highest BCUT2D eigenvalue weighted by Gasteiger charge is 2.19. The number of benzene rings is 1. The first-order valence-corrected chi connectivity index (χ1v) is 6.87. The smallest absolute Gasteiger partial charge is 0.207 e. The number of nitrogens with zero attached hydrogens (tertiary/aromatic N) is 2. The van der Waals surface area contributed by atoms with Gasteiger partial charge in [-0.3, -0.25) is 0 Å². The molecule has 100 valence electrons. The predicted octanol–water partition coefficient (Wildman–Crippen LogP) is 4.53. The molecule has 1 saturated carbocycles. The SMILES string of the molecule is Fc1ccc(Cl)cc1Nc1nccn1C1CCCC1. The summed E-state index contributed by atoms with van der Waals surface area (Å²) in [6.45, 7) is 0. The van der Waals surface area contributed by atoms with Crippen LogP contribution in [-0.2, 0) is 0 Å². The fourth-order valence-corrected chi connectivity index (χ4v) is 2.77. The van der Waals surface area contributed by atoms with E-state index in [4.69, 9.17) is 11.6 Å². The van der Waals surface area contributed by atoms with Gasteiger partial charge in [-0.15, -0.1) is 0 Å². The van der Waals surface area contributed by atoms with Crippen LogP contribution in [0.4, 0.5) is 16.0 Å². The van der Waals surface area contributed by atoms with Gasteiger partial charge in [-0.05, 0) is 31.0 Å². The van der Waals surface area contributed by atoms with Gasteiger partial charge in [0, 0.05) is 23.5 Å². The zero-order valence-electron chi connectivity index (χ0n) is 10.4. The van der Waals surface area contributed by atoms with E-state index in [-0.39, 0.29) is 5.82 Å². The summed E-state index contributed by atoms with van der Waals surface area (Å²) in [6, 6.07) is 4.93. The quantitative estimate of drug-likeness (QED) is 0.894. The average molecular weight is 280 g/mol. The average Bonchev–Trinajstić information content (AvgIpc) is 3.03. The van der Waals surface area contributed by atoms with Crippen LogP contribution in [0.2, 0.25) is 5.02 Å². The van der Waals surface area contributed by atoms with E-state index in [1.165, 1.54) is 25.0 Å². The highest BCUT2D eigenvalue weighted by molar-refractivity contribution is 6.30. The van der Waals surface area contributed by atoms with Crippen molar-refractivity contribution in [2.75, 3.05) is 5.32 Å². The van der Waals surface area contributed by atoms with Gasteiger partial charge >= 0.3 is 0 Å². The predicted molar refractivity (Wildman–Crippen MR) is 74.4 cm³/mol. The molecule has 2 aromatic rings. The van der Waals surface area contributed by atoms with Gasteiger partial charge in [-0.1, -0.05) is 24.4 Å². The van der Waals surface area contributed by atoms with Crippen LogP contribution in [0.1, 0.15) is 31.7 Å². The Bertz CT molecular complexity index is 576. The van der Waals surface area contributed by atoms with Gasteiger partial charge in [0.05, 0.1) is 5.69 Å². The van der Waals surface area contributed by atoms with E-state index in [1.807, 2.05) is 6.20 Å². The van der Waals surface area contributed by atoms with Crippen LogP contribution < -0.4 is 5.32 Å². The maximum atomic E-state index is 13.7. The summed E-state index contributed by atoms with van der Waals surface area (Å²) in [7, 11) is 0. The second-order valence-electron chi connectivity index (χ2n) is 4.85. The third-order valence-corrected chi connectivity index (χ3v) is 3.80. The van der Waals surface area contributed by atoms with Crippen LogP contribution in [0.3, 0.4) is 0 Å². The van der Waals surface area contributed by atoms with E-state index in [1.54, 1.807) is 12.3 Å². The molecule has 0 bridgehead atoms. The third kappa shape index (κ3) is 2.59. The van der Waals surface area contributed by atoms with Crippen molar-refractivity contribution in [2.45, 2.75) is 31.7 Å². The largest absolute Gasteiger partial charge is 0.323 e. The Labute approximate surface area is 116 Å². The molecule has 0 aliphatic heterocycles. The van der Waals surface area contributed by atoms with Gasteiger partial charge < -0.3 is 9.88 Å². The molecule has 0 radical (unpaired) electrons. The first kappa shape index (κ1) is 12.5. The molecule has 1 aromatic carbocycles. The minimum Gasteiger partial charge on any atom is -0.323 e. The second-order valence-corrected chi connectivity index (χ2v) is 5.28. The number of anilines is 2. The number of aromatic nitrogens is 2. The Morgan fingerprint density at radius 1 is 1.32 bits per heavy atom. The zero-order valence-corrected chi connectivity index (χ0v) is 11.2. The van der Waals surface area contributed by atoms with Crippen molar-refractivity contribution in [3.05, 3.63) is 41.4 Å². The molecule has 1 fully saturated rings. The van der Waals surface area contributed by atoms with Crippen molar-refractivity contribution in [3.8, 4) is 0 Å². The molecule has 5 heteroatoms. The highest BCUT2D eigenvalue weighted by Crippen LogP contribution is 2.32. The second kappa shape index (κ2) is 5.21. The van der Waals surface area contributed by atoms with Crippen LogP contribution in [0.15, 0.2) is 30.6 Å². The van der Waals surface area contributed by atoms with Crippen molar-refractivity contribution in [3.63, 3.8) is 0 Å². The summed E-state index contributed by atoms with van der Waals surface area (Å²) < 4.78 is 15.8. The Balaban J connectivity index is 1.87. The monoisotopic (exact) mass is 279 g/mol. The van der Waals surface area contributed by atoms with Crippen LogP contribution in [0.5, 0.6) is 0 Å². The molecular weight excluding hydrogens is 265 g/mol. The number of hydrogen-bond donors (Lipinski definition) is 1. The van der Waals surface area contributed by atoms with Crippen molar-refractivity contribution in [2.24, 2.45) is 0 Å². The molecule has 1 aromatic heterocycles. The topological polar surface area (TPSA) is 29.9 Å². The summed E-state index contributed by atoms with van der Waals surface area (Å²) in [5.41, 5.74) is 0.359. The Morgan fingerprint density at radius 2 is 2.11 bits per heavy atom. The maximum Gasteiger partial charge on any atom is 0.207 e. The molecule has 1 heterocycles. The summed E-state index contributed by atoms with van der Waals surface area (Å²) in [4.78, 5) is 4.27. The van der Waals surface area contributed by atoms with Gasteiger partial charge in [0.1, 0.15) is 5.82 Å². The van der Waals surface area contributed by atoms with Crippen LogP contribution in [0, 0.1) is 5.82 Å². The summed E-state index contributed by atoms with van der Waals surface area (Å²) >= 11 is 5.89. The van der Waals surface area contributed by atoms with Crippen molar-refractivity contribution >= 4 is 23.2 Å². The first-order valence-electron chi connectivity index (χ1n) is 6.49. The molecule has 0 unspecified atom stereocenters. The number of nitrogens with one attached hydrogen (secondary N) is 1. The molecule has 0 atom stereocenters. The Hall–Kier alpha value is -1.55. The van der Waals surface area contributed by atoms with Crippen LogP contribution in [0.25, 0.3) is 0 Å². The van der Waals surface area contributed by atoms with Crippen molar-refractivity contribution in [1.82, 2.24) is 9.55 Å². The minimum absolute atomic E-state index is 0.328. The van der Waals surface area contributed by atoms with E-state index in [9.17, 15) is 4.39 Å². The fraction of sp³-hybridized carbons (Fsp3) is 0.357. The van der Waals surface area contributed by atoms with Gasteiger partial charge in [0.15, 0.2) is 0 Å². The lowest BCUT2D eigenvalue weighted by molar-refractivity contribution is 0.524. The maximum absolute atomic E-state index is 13.7. The number of rotatable bonds is 3. The number of hydrogen-bond acceptors (Lipinski definition) is 2. The summed E-state index contributed by atoms with van der Waals surface area (Å²) in [6.07, 6.45) is 8.48. The molecule has 3 rings (SSSR count). The molecule has 1 aliphatic rings. The third-order valence-electron chi connectivity index (χ3n) is 3.56. The lowest BCUT2D eigenvalue weighted by Crippen LogP contribution is -2.08. The first-order chi connectivity index (χ1) is 9.24. The molecule has 19 heavy (non-hydrogen) atoms. The molecular formula is C14H15ClFN3. The number of halogens is 2. The summed E-state index contributed by atoms with van der Waals surface area (Å²) in [5, 5.41) is 3.53. The van der Waals surface area contributed by atoms with Gasteiger partial charge in [-0.25, -0.2) is 9.37 Å². The molecule has 0 saturated heterocycles. The normalized spacial score (nSPS) is 15.9. The lowest BCUT2D eigenvalue weighted by atomic mass is 10.2. The molecule has 1 aliphatic carbocycles. The molecule has 0 spiro atoms. The van der Waals surface area contributed by atoms with E-state index in [2.05, 4.69) is 14.9 Å². The van der Waals surface area contributed by atoms with Gasteiger partial charge in [0.25, 0.3) is 0 Å². The fourth-order valence-electron chi connectivity index (χ4n) is 2.60. The highest BCUT2D eigenvalue weighted by atomic mass is 35.5. The van der Waals surface area contributed by atoms with Crippen molar-refractivity contribution < 1.29 is 4.39 Å². The summed E-state index contributed by atoms with van der Waals surface area (Å²) in [5.74, 6) is 0.346. The molecule has 0 amide bonds. The lowest BCUT2D eigenvalue weighted by Gasteiger charge is -2.16. The minimum atomic E-state index is -0.328.